The monoisotopic (exact) mass is 371 g/mol. The number of benzene rings is 2. The van der Waals surface area contributed by atoms with Crippen LogP contribution in [0, 0.1) is 0 Å². The summed E-state index contributed by atoms with van der Waals surface area (Å²) < 4.78 is 0. The molecule has 0 saturated carbocycles. The molecule has 1 atom stereocenters. The summed E-state index contributed by atoms with van der Waals surface area (Å²) in [5.74, 6) is 0.0765. The van der Waals surface area contributed by atoms with Gasteiger partial charge in [0.1, 0.15) is 5.03 Å². The largest absolute Gasteiger partial charge is 0.332 e. The van der Waals surface area contributed by atoms with Crippen molar-refractivity contribution in [3.63, 3.8) is 0 Å². The first-order valence-electron chi connectivity index (χ1n) is 8.26. The fourth-order valence-corrected chi connectivity index (χ4v) is 4.14. The fraction of sp³-hybridized carbons (Fsp3) is 0.263. The van der Waals surface area contributed by atoms with Gasteiger partial charge < -0.3 is 4.90 Å². The van der Waals surface area contributed by atoms with E-state index in [0.29, 0.717) is 5.56 Å². The number of nitrogens with zero attached hydrogens (tertiary/aromatic N) is 2. The zero-order valence-corrected chi connectivity index (χ0v) is 15.4. The lowest BCUT2D eigenvalue weighted by atomic mass is 10.0. The molecule has 0 spiro atoms. The minimum Gasteiger partial charge on any atom is -0.332 e. The molecular formula is C19H18ClN3OS. The summed E-state index contributed by atoms with van der Waals surface area (Å²) in [4.78, 5) is 15.1. The third-order valence-corrected chi connectivity index (χ3v) is 5.69. The highest BCUT2D eigenvalue weighted by Crippen LogP contribution is 2.34. The first kappa shape index (κ1) is 16.5. The van der Waals surface area contributed by atoms with E-state index in [0.717, 1.165) is 45.9 Å². The average Bonchev–Trinajstić information content (AvgIpc) is 3.28. The lowest BCUT2D eigenvalue weighted by Gasteiger charge is -2.25. The van der Waals surface area contributed by atoms with Crippen molar-refractivity contribution in [3.8, 4) is 0 Å². The van der Waals surface area contributed by atoms with Crippen molar-refractivity contribution in [2.45, 2.75) is 23.9 Å². The Bertz CT molecular complexity index is 922. The summed E-state index contributed by atoms with van der Waals surface area (Å²) in [5, 5.41) is 9.92. The van der Waals surface area contributed by atoms with E-state index in [1.165, 1.54) is 0 Å². The van der Waals surface area contributed by atoms with Crippen LogP contribution in [0.1, 0.15) is 34.8 Å². The Morgan fingerprint density at radius 1 is 1.28 bits per heavy atom. The molecule has 4 rings (SSSR count). The number of aromatic amines is 1. The van der Waals surface area contributed by atoms with Crippen LogP contribution in [0.2, 0.25) is 5.02 Å². The second-order valence-corrected chi connectivity index (χ2v) is 7.43. The van der Waals surface area contributed by atoms with E-state index in [2.05, 4.69) is 10.2 Å². The second-order valence-electron chi connectivity index (χ2n) is 6.20. The summed E-state index contributed by atoms with van der Waals surface area (Å²) in [6, 6.07) is 13.7. The maximum absolute atomic E-state index is 13.1. The topological polar surface area (TPSA) is 49.0 Å². The number of amides is 1. The zero-order valence-electron chi connectivity index (χ0n) is 13.8. The Morgan fingerprint density at radius 2 is 2.08 bits per heavy atom. The predicted octanol–water partition coefficient (Wildman–Crippen LogP) is 4.92. The van der Waals surface area contributed by atoms with Gasteiger partial charge in [0.05, 0.1) is 11.6 Å². The lowest BCUT2D eigenvalue weighted by molar-refractivity contribution is 0.0736. The highest BCUT2D eigenvalue weighted by atomic mass is 35.5. The number of H-pyrrole nitrogens is 1. The van der Waals surface area contributed by atoms with Gasteiger partial charge in [-0.1, -0.05) is 23.7 Å². The molecule has 4 nitrogen and oxygen atoms in total. The van der Waals surface area contributed by atoms with Gasteiger partial charge in [0.2, 0.25) is 0 Å². The SMILES string of the molecule is CSc1n[nH]c2ccc(C(=O)N3CCC[C@H]3c3ccc(Cl)cc3)cc12. The van der Waals surface area contributed by atoms with Crippen LogP contribution in [0.3, 0.4) is 0 Å². The molecule has 0 unspecified atom stereocenters. The number of hydrogen-bond acceptors (Lipinski definition) is 3. The van der Waals surface area contributed by atoms with Crippen molar-refractivity contribution in [2.75, 3.05) is 12.8 Å². The molecule has 0 bridgehead atoms. The van der Waals surface area contributed by atoms with Crippen LogP contribution in [0.4, 0.5) is 0 Å². The Labute approximate surface area is 155 Å². The summed E-state index contributed by atoms with van der Waals surface area (Å²) in [6.45, 7) is 0.783. The minimum atomic E-state index is 0.0765. The summed E-state index contributed by atoms with van der Waals surface area (Å²) in [6.07, 6.45) is 3.99. The number of carbonyl (C=O) groups is 1. The maximum atomic E-state index is 13.1. The number of thioether (sulfide) groups is 1. The van der Waals surface area contributed by atoms with Gasteiger partial charge in [0, 0.05) is 22.5 Å². The normalized spacial score (nSPS) is 17.4. The van der Waals surface area contributed by atoms with Crippen LogP contribution in [-0.2, 0) is 0 Å². The van der Waals surface area contributed by atoms with Gasteiger partial charge in [-0.05, 0) is 55.0 Å². The van der Waals surface area contributed by atoms with Crippen molar-refractivity contribution in [3.05, 3.63) is 58.6 Å². The molecule has 2 aromatic carbocycles. The number of aromatic nitrogens is 2. The van der Waals surface area contributed by atoms with Crippen LogP contribution in [0.25, 0.3) is 10.9 Å². The van der Waals surface area contributed by atoms with E-state index < -0.39 is 0 Å². The summed E-state index contributed by atoms with van der Waals surface area (Å²) in [7, 11) is 0. The van der Waals surface area contributed by atoms with Gasteiger partial charge in [-0.25, -0.2) is 0 Å². The fourth-order valence-electron chi connectivity index (χ4n) is 3.49. The molecule has 1 saturated heterocycles. The van der Waals surface area contributed by atoms with E-state index in [9.17, 15) is 4.79 Å². The molecule has 0 radical (unpaired) electrons. The molecule has 1 aliphatic heterocycles. The third-order valence-electron chi connectivity index (χ3n) is 4.74. The van der Waals surface area contributed by atoms with Gasteiger partial charge in [0.25, 0.3) is 5.91 Å². The molecule has 1 N–H and O–H groups in total. The van der Waals surface area contributed by atoms with Crippen LogP contribution in [-0.4, -0.2) is 33.8 Å². The Hall–Kier alpha value is -1.98. The molecule has 2 heterocycles. The first-order chi connectivity index (χ1) is 12.2. The number of likely N-dealkylation sites (tertiary alicyclic amines) is 1. The number of carbonyl (C=O) groups excluding carboxylic acids is 1. The zero-order chi connectivity index (χ0) is 17.4. The van der Waals surface area contributed by atoms with E-state index in [4.69, 9.17) is 11.6 Å². The molecule has 1 aromatic heterocycles. The third kappa shape index (κ3) is 3.02. The molecule has 0 aliphatic carbocycles. The molecule has 3 aromatic rings. The van der Waals surface area contributed by atoms with Crippen molar-refractivity contribution >= 4 is 40.2 Å². The molecule has 1 fully saturated rings. The van der Waals surface area contributed by atoms with Crippen molar-refractivity contribution in [2.24, 2.45) is 0 Å². The Kier molecular flexibility index (Phi) is 4.44. The average molecular weight is 372 g/mol. The standard InChI is InChI=1S/C19H18ClN3OS/c1-25-18-15-11-13(6-9-16(15)21-22-18)19(24)23-10-2-3-17(23)12-4-7-14(20)8-5-12/h4-9,11,17H,2-3,10H2,1H3,(H,21,22)/t17-/m0/s1. The van der Waals surface area contributed by atoms with Crippen LogP contribution in [0.5, 0.6) is 0 Å². The molecule has 128 valence electrons. The van der Waals surface area contributed by atoms with E-state index >= 15 is 0 Å². The highest BCUT2D eigenvalue weighted by molar-refractivity contribution is 7.98. The van der Waals surface area contributed by atoms with Crippen molar-refractivity contribution < 1.29 is 4.79 Å². The summed E-state index contributed by atoms with van der Waals surface area (Å²) in [5.41, 5.74) is 2.81. The van der Waals surface area contributed by atoms with E-state index in [1.54, 1.807) is 11.8 Å². The maximum Gasteiger partial charge on any atom is 0.254 e. The number of nitrogens with one attached hydrogen (secondary N) is 1. The molecule has 1 aliphatic rings. The van der Waals surface area contributed by atoms with Crippen LogP contribution >= 0.6 is 23.4 Å². The minimum absolute atomic E-state index is 0.0765. The quantitative estimate of drug-likeness (QED) is 0.665. The molecule has 6 heteroatoms. The van der Waals surface area contributed by atoms with Crippen LogP contribution in [0.15, 0.2) is 47.5 Å². The van der Waals surface area contributed by atoms with Crippen molar-refractivity contribution in [1.82, 2.24) is 15.1 Å². The Balaban J connectivity index is 1.66. The van der Waals surface area contributed by atoms with Gasteiger partial charge in [-0.3, -0.25) is 9.89 Å². The molecular weight excluding hydrogens is 354 g/mol. The molecule has 1 amide bonds. The first-order valence-corrected chi connectivity index (χ1v) is 9.86. The number of hydrogen-bond donors (Lipinski definition) is 1. The van der Waals surface area contributed by atoms with Crippen molar-refractivity contribution in [1.29, 1.82) is 0 Å². The van der Waals surface area contributed by atoms with E-state index in [1.807, 2.05) is 53.6 Å². The van der Waals surface area contributed by atoms with Gasteiger partial charge in [0.15, 0.2) is 0 Å². The Morgan fingerprint density at radius 3 is 2.84 bits per heavy atom. The van der Waals surface area contributed by atoms with Gasteiger partial charge in [-0.15, -0.1) is 11.8 Å². The highest BCUT2D eigenvalue weighted by Gasteiger charge is 2.30. The number of rotatable bonds is 3. The van der Waals surface area contributed by atoms with E-state index in [-0.39, 0.29) is 11.9 Å². The number of fused-ring (bicyclic) bond motifs is 1. The lowest BCUT2D eigenvalue weighted by Crippen LogP contribution is -2.30. The summed E-state index contributed by atoms with van der Waals surface area (Å²) >= 11 is 7.57. The predicted molar refractivity (Wildman–Crippen MR) is 102 cm³/mol. The van der Waals surface area contributed by atoms with Gasteiger partial charge >= 0.3 is 0 Å². The smallest absolute Gasteiger partial charge is 0.254 e. The number of halogens is 1. The van der Waals surface area contributed by atoms with Crippen LogP contribution < -0.4 is 0 Å². The molecule has 25 heavy (non-hydrogen) atoms. The second kappa shape index (κ2) is 6.73. The van der Waals surface area contributed by atoms with Gasteiger partial charge in [-0.2, -0.15) is 5.10 Å².